The Morgan fingerprint density at radius 1 is 1.39 bits per heavy atom. The number of hydrogen-bond donors (Lipinski definition) is 2. The summed E-state index contributed by atoms with van der Waals surface area (Å²) in [6.07, 6.45) is 0. The molecule has 0 saturated heterocycles. The lowest BCUT2D eigenvalue weighted by Gasteiger charge is -2.18. The topological polar surface area (TPSA) is 69.8 Å². The Hall–Kier alpha value is -1.44. The van der Waals surface area contributed by atoms with Crippen LogP contribution in [0.1, 0.15) is 6.92 Å². The maximum absolute atomic E-state index is 11.8. The molecule has 1 heterocycles. The van der Waals surface area contributed by atoms with Crippen molar-refractivity contribution in [3.63, 3.8) is 0 Å². The van der Waals surface area contributed by atoms with Crippen LogP contribution in [-0.4, -0.2) is 48.1 Å². The number of anilines is 1. The zero-order valence-corrected chi connectivity index (χ0v) is 15.9. The van der Waals surface area contributed by atoms with Gasteiger partial charge in [-0.05, 0) is 31.2 Å². The number of nitrogens with zero attached hydrogens (tertiary/aromatic N) is 2. The number of aliphatic hydroxyl groups is 1. The largest absolute Gasteiger partial charge is 0.399 e. The summed E-state index contributed by atoms with van der Waals surface area (Å²) in [5.74, 6) is -0.0147. The predicted molar refractivity (Wildman–Crippen MR) is 100 cm³/mol. The number of halogens is 1. The minimum absolute atomic E-state index is 0.0147. The highest BCUT2D eigenvalue weighted by Crippen LogP contribution is 2.40. The van der Waals surface area contributed by atoms with Gasteiger partial charge in [0.05, 0.1) is 16.5 Å². The lowest BCUT2D eigenvalue weighted by molar-refractivity contribution is -0.124. The summed E-state index contributed by atoms with van der Waals surface area (Å²) in [7, 11) is 3.45. The molecule has 0 bridgehead atoms. The summed E-state index contributed by atoms with van der Waals surface area (Å²) in [6, 6.07) is 7.53. The number of likely N-dealkylation sites (N-methyl/N-ethyl adjacent to an activating group) is 1. The van der Waals surface area contributed by atoms with Gasteiger partial charge in [0.1, 0.15) is 0 Å². The number of nitrogen functional groups attached to an aromatic ring is 1. The lowest BCUT2D eigenvalue weighted by atomic mass is 10.3. The van der Waals surface area contributed by atoms with E-state index < -0.39 is 0 Å². The first kappa shape index (κ1) is 19.6. The van der Waals surface area contributed by atoms with E-state index in [0.29, 0.717) is 11.4 Å². The number of benzene rings is 1. The summed E-state index contributed by atoms with van der Waals surface area (Å²) < 4.78 is 1.06. The van der Waals surface area contributed by atoms with Gasteiger partial charge in [-0.3, -0.25) is 4.79 Å². The highest BCUT2D eigenvalue weighted by Gasteiger charge is 2.28. The van der Waals surface area contributed by atoms with Gasteiger partial charge in [-0.25, -0.2) is 0 Å². The van der Waals surface area contributed by atoms with Crippen molar-refractivity contribution in [3.05, 3.63) is 50.9 Å². The Labute approximate surface area is 150 Å². The summed E-state index contributed by atoms with van der Waals surface area (Å²) in [4.78, 5) is 15.9. The summed E-state index contributed by atoms with van der Waals surface area (Å²) in [6.45, 7) is 6.28. The summed E-state index contributed by atoms with van der Waals surface area (Å²) in [5.41, 5.74) is 7.08. The molecule has 23 heavy (non-hydrogen) atoms. The normalized spacial score (nSPS) is 13.8. The summed E-state index contributed by atoms with van der Waals surface area (Å²) >= 11 is 4.66. The first-order chi connectivity index (χ1) is 10.8. The lowest BCUT2D eigenvalue weighted by Crippen LogP contribution is -2.24. The molecule has 1 aliphatic heterocycles. The van der Waals surface area contributed by atoms with E-state index in [9.17, 15) is 4.79 Å². The Morgan fingerprint density at radius 2 is 1.96 bits per heavy atom. The number of carbonyl (C=O) groups excluding carboxylic acids is 1. The fourth-order valence-electron chi connectivity index (χ4n) is 1.81. The van der Waals surface area contributed by atoms with Crippen LogP contribution in [0.2, 0.25) is 0 Å². The Morgan fingerprint density at radius 3 is 2.39 bits per heavy atom. The Kier molecular flexibility index (Phi) is 7.67. The summed E-state index contributed by atoms with van der Waals surface area (Å²) in [5, 5.41) is 9.68. The Balaban J connectivity index is 0.000000277. The highest BCUT2D eigenvalue weighted by molar-refractivity contribution is 9.10. The molecule has 3 N–H and O–H groups in total. The predicted octanol–water partition coefficient (Wildman–Crippen LogP) is 2.85. The molecule has 0 spiro atoms. The molecule has 1 aliphatic rings. The molecular formula is C16H22BrN3O2S. The minimum atomic E-state index is -0.0147. The van der Waals surface area contributed by atoms with Crippen LogP contribution < -0.4 is 5.73 Å². The van der Waals surface area contributed by atoms with Gasteiger partial charge in [-0.1, -0.05) is 34.3 Å². The minimum Gasteiger partial charge on any atom is -0.399 e. The third-order valence-electron chi connectivity index (χ3n) is 3.05. The number of hydrogen-bond acceptors (Lipinski definition) is 5. The first-order valence-corrected chi connectivity index (χ1v) is 8.57. The van der Waals surface area contributed by atoms with Gasteiger partial charge in [-0.2, -0.15) is 0 Å². The molecule has 0 fully saturated rings. The molecule has 0 saturated carbocycles. The third kappa shape index (κ3) is 5.60. The molecule has 1 aromatic rings. The van der Waals surface area contributed by atoms with Gasteiger partial charge >= 0.3 is 0 Å². The van der Waals surface area contributed by atoms with E-state index >= 15 is 0 Å². The fraction of sp³-hybridized carbons (Fsp3) is 0.312. The van der Waals surface area contributed by atoms with Crippen LogP contribution in [0.3, 0.4) is 0 Å². The molecule has 0 aromatic heterocycles. The standard InChI is InChI=1S/C10H16N2O2S.C6H6BrN/c1-7-9(10(14)11(3)4)15-8(2)12(7)5-6-13;7-5-1-3-6(8)4-2-5/h13H,2,5-6H2,1,3-4H3;1-4H,8H2. The van der Waals surface area contributed by atoms with Crippen LogP contribution in [0.5, 0.6) is 0 Å². The molecule has 0 unspecified atom stereocenters. The molecule has 5 nitrogen and oxygen atoms in total. The Bertz CT molecular complexity index is 579. The van der Waals surface area contributed by atoms with Gasteiger partial charge < -0.3 is 20.6 Å². The number of carbonyl (C=O) groups is 1. The van der Waals surface area contributed by atoms with E-state index in [4.69, 9.17) is 10.8 Å². The SMILES string of the molecule is C=C1SC(C(=O)N(C)C)=C(C)N1CCO.Nc1ccc(Br)cc1. The molecule has 0 radical (unpaired) electrons. The molecule has 2 rings (SSSR count). The van der Waals surface area contributed by atoms with E-state index in [-0.39, 0.29) is 12.5 Å². The highest BCUT2D eigenvalue weighted by atomic mass is 79.9. The van der Waals surface area contributed by atoms with E-state index in [1.165, 1.54) is 11.8 Å². The average Bonchev–Trinajstić information content (AvgIpc) is 2.78. The van der Waals surface area contributed by atoms with Crippen molar-refractivity contribution in [2.45, 2.75) is 6.92 Å². The number of rotatable bonds is 3. The van der Waals surface area contributed by atoms with Gasteiger partial charge in [0, 0.05) is 36.5 Å². The molecular weight excluding hydrogens is 378 g/mol. The zero-order chi connectivity index (χ0) is 17.6. The van der Waals surface area contributed by atoms with Gasteiger partial charge in [0.15, 0.2) is 0 Å². The number of aliphatic hydroxyl groups excluding tert-OH is 1. The molecule has 1 amide bonds. The molecule has 1 aromatic carbocycles. The number of thioether (sulfide) groups is 1. The van der Waals surface area contributed by atoms with E-state index in [1.807, 2.05) is 36.1 Å². The van der Waals surface area contributed by atoms with E-state index in [2.05, 4.69) is 22.5 Å². The van der Waals surface area contributed by atoms with Crippen molar-refractivity contribution >= 4 is 39.3 Å². The first-order valence-electron chi connectivity index (χ1n) is 6.96. The maximum atomic E-state index is 11.8. The van der Waals surface area contributed by atoms with Crippen molar-refractivity contribution < 1.29 is 9.90 Å². The van der Waals surface area contributed by atoms with Crippen molar-refractivity contribution in [1.29, 1.82) is 0 Å². The monoisotopic (exact) mass is 399 g/mol. The van der Waals surface area contributed by atoms with Crippen LogP contribution in [-0.2, 0) is 4.79 Å². The van der Waals surface area contributed by atoms with Gasteiger partial charge in [0.25, 0.3) is 5.91 Å². The van der Waals surface area contributed by atoms with Gasteiger partial charge in [-0.15, -0.1) is 0 Å². The van der Waals surface area contributed by atoms with Gasteiger partial charge in [0.2, 0.25) is 0 Å². The van der Waals surface area contributed by atoms with Crippen LogP contribution in [0.15, 0.2) is 50.9 Å². The third-order valence-corrected chi connectivity index (χ3v) is 4.71. The maximum Gasteiger partial charge on any atom is 0.261 e. The number of β-amino-alcohol motifs (C(OH)–C–C–N with tert-alkyl or cyclic N) is 1. The second-order valence-corrected chi connectivity index (χ2v) is 7.04. The zero-order valence-electron chi connectivity index (χ0n) is 13.5. The second kappa shape index (κ2) is 9.00. The molecule has 126 valence electrons. The quantitative estimate of drug-likeness (QED) is 0.764. The second-order valence-electron chi connectivity index (χ2n) is 5.04. The van der Waals surface area contributed by atoms with Crippen molar-refractivity contribution in [2.75, 3.05) is 33.0 Å². The number of amides is 1. The van der Waals surface area contributed by atoms with Crippen molar-refractivity contribution in [2.24, 2.45) is 0 Å². The van der Waals surface area contributed by atoms with Crippen LogP contribution >= 0.6 is 27.7 Å². The van der Waals surface area contributed by atoms with E-state index in [0.717, 1.165) is 20.9 Å². The van der Waals surface area contributed by atoms with Crippen LogP contribution in [0, 0.1) is 0 Å². The van der Waals surface area contributed by atoms with Crippen molar-refractivity contribution in [3.8, 4) is 0 Å². The number of allylic oxidation sites excluding steroid dienone is 1. The average molecular weight is 400 g/mol. The fourth-order valence-corrected chi connectivity index (χ4v) is 3.18. The molecule has 0 aliphatic carbocycles. The van der Waals surface area contributed by atoms with Crippen molar-refractivity contribution in [1.82, 2.24) is 9.80 Å². The number of nitrogens with two attached hydrogens (primary N) is 1. The van der Waals surface area contributed by atoms with Crippen LogP contribution in [0.4, 0.5) is 5.69 Å². The smallest absolute Gasteiger partial charge is 0.261 e. The molecule has 7 heteroatoms. The van der Waals surface area contributed by atoms with E-state index in [1.54, 1.807) is 19.0 Å². The molecule has 0 atom stereocenters. The van der Waals surface area contributed by atoms with Crippen LogP contribution in [0.25, 0.3) is 0 Å².